The Balaban J connectivity index is 1.31. The lowest BCUT2D eigenvalue weighted by molar-refractivity contribution is -0.134. The summed E-state index contributed by atoms with van der Waals surface area (Å²) in [6.45, 7) is 4.56. The molecule has 5 nitrogen and oxygen atoms in total. The van der Waals surface area contributed by atoms with E-state index in [1.165, 1.54) is 0 Å². The Bertz CT molecular complexity index is 540. The minimum atomic E-state index is -0.511. The Morgan fingerprint density at radius 2 is 1.88 bits per heavy atom. The van der Waals surface area contributed by atoms with Crippen molar-refractivity contribution in [3.63, 3.8) is 0 Å². The van der Waals surface area contributed by atoms with Gasteiger partial charge in [-0.05, 0) is 30.5 Å². The number of aliphatic hydroxyl groups excluding tert-OH is 1. The van der Waals surface area contributed by atoms with Crippen LogP contribution in [0.1, 0.15) is 18.4 Å². The highest BCUT2D eigenvalue weighted by Crippen LogP contribution is 2.31. The molecule has 24 heavy (non-hydrogen) atoms. The zero-order valence-corrected chi connectivity index (χ0v) is 14.6. The minimum Gasteiger partial charge on any atom is -0.389 e. The summed E-state index contributed by atoms with van der Waals surface area (Å²) in [5.74, 6) is 0.616. The molecule has 1 heterocycles. The summed E-state index contributed by atoms with van der Waals surface area (Å²) in [6.07, 6.45) is 1.61. The van der Waals surface area contributed by atoms with Crippen molar-refractivity contribution in [2.24, 2.45) is 5.92 Å². The maximum absolute atomic E-state index is 12.0. The molecule has 2 aliphatic rings. The number of amides is 1. The van der Waals surface area contributed by atoms with E-state index in [9.17, 15) is 9.90 Å². The Morgan fingerprint density at radius 1 is 1.21 bits per heavy atom. The van der Waals surface area contributed by atoms with Gasteiger partial charge in [0.15, 0.2) is 0 Å². The van der Waals surface area contributed by atoms with Crippen LogP contribution in [0.15, 0.2) is 24.3 Å². The molecule has 1 atom stereocenters. The zero-order chi connectivity index (χ0) is 16.9. The minimum absolute atomic E-state index is 0.295. The monoisotopic (exact) mass is 352 g/mol. The number of piperazine rings is 1. The lowest BCUT2D eigenvalue weighted by Crippen LogP contribution is -2.51. The van der Waals surface area contributed by atoms with Crippen LogP contribution in [0, 0.1) is 5.92 Å². The molecule has 3 rings (SSSR count). The fraction of sp³-hybridized carbons (Fsp3) is 0.611. The first-order valence-corrected chi connectivity index (χ1v) is 9.01. The third-order valence-corrected chi connectivity index (χ3v) is 4.82. The van der Waals surface area contributed by atoms with Gasteiger partial charge >= 0.3 is 0 Å². The van der Waals surface area contributed by atoms with Crippen LogP contribution >= 0.6 is 11.6 Å². The largest absolute Gasteiger partial charge is 0.389 e. The van der Waals surface area contributed by atoms with Crippen molar-refractivity contribution < 1.29 is 14.6 Å². The van der Waals surface area contributed by atoms with E-state index in [0.717, 1.165) is 44.6 Å². The van der Waals surface area contributed by atoms with E-state index in [1.54, 1.807) is 0 Å². The smallest absolute Gasteiger partial charge is 0.225 e. The Morgan fingerprint density at radius 3 is 2.50 bits per heavy atom. The third kappa shape index (κ3) is 5.18. The number of hydrogen-bond acceptors (Lipinski definition) is 4. The average molecular weight is 353 g/mol. The number of halogens is 1. The summed E-state index contributed by atoms with van der Waals surface area (Å²) < 4.78 is 5.58. The molecule has 1 saturated heterocycles. The molecule has 1 aliphatic carbocycles. The summed E-state index contributed by atoms with van der Waals surface area (Å²) in [5, 5.41) is 10.8. The van der Waals surface area contributed by atoms with E-state index < -0.39 is 6.10 Å². The highest BCUT2D eigenvalue weighted by atomic mass is 35.5. The van der Waals surface area contributed by atoms with Gasteiger partial charge in [-0.3, -0.25) is 9.69 Å². The Hall–Kier alpha value is -1.14. The van der Waals surface area contributed by atoms with Crippen molar-refractivity contribution in [2.75, 3.05) is 39.3 Å². The van der Waals surface area contributed by atoms with E-state index in [-0.39, 0.29) is 0 Å². The summed E-state index contributed by atoms with van der Waals surface area (Å²) in [5.41, 5.74) is 1.04. The molecule has 1 saturated carbocycles. The van der Waals surface area contributed by atoms with Crippen molar-refractivity contribution >= 4 is 17.5 Å². The maximum atomic E-state index is 12.0. The molecular formula is C18H25ClN2O3. The highest BCUT2D eigenvalue weighted by molar-refractivity contribution is 6.30. The van der Waals surface area contributed by atoms with Crippen molar-refractivity contribution in [1.82, 2.24) is 9.80 Å². The van der Waals surface area contributed by atoms with Gasteiger partial charge in [0, 0.05) is 43.7 Å². The van der Waals surface area contributed by atoms with Gasteiger partial charge in [-0.25, -0.2) is 0 Å². The average Bonchev–Trinajstić information content (AvgIpc) is 3.42. The lowest BCUT2D eigenvalue weighted by atomic mass is 10.2. The fourth-order valence-electron chi connectivity index (χ4n) is 2.98. The topological polar surface area (TPSA) is 53.0 Å². The van der Waals surface area contributed by atoms with Gasteiger partial charge in [-0.15, -0.1) is 0 Å². The Labute approximate surface area is 148 Å². The van der Waals surface area contributed by atoms with Crippen LogP contribution in [-0.2, 0) is 16.1 Å². The molecule has 1 aliphatic heterocycles. The van der Waals surface area contributed by atoms with Crippen LogP contribution in [0.5, 0.6) is 0 Å². The van der Waals surface area contributed by atoms with Gasteiger partial charge in [-0.2, -0.15) is 0 Å². The summed E-state index contributed by atoms with van der Waals surface area (Å²) >= 11 is 5.84. The number of ether oxygens (including phenoxy) is 1. The van der Waals surface area contributed by atoms with Gasteiger partial charge < -0.3 is 14.7 Å². The van der Waals surface area contributed by atoms with E-state index in [2.05, 4.69) is 4.90 Å². The van der Waals surface area contributed by atoms with Crippen molar-refractivity contribution in [1.29, 1.82) is 0 Å². The van der Waals surface area contributed by atoms with Crippen LogP contribution in [0.25, 0.3) is 0 Å². The standard InChI is InChI=1S/C18H25ClN2O3/c19-16-5-1-14(2-6-16)12-24-13-17(22)11-20-7-9-21(10-8-20)18(23)15-3-4-15/h1-2,5-6,15,17,22H,3-4,7-13H2/t17-/m0/s1. The molecule has 0 unspecified atom stereocenters. The van der Waals surface area contributed by atoms with Crippen molar-refractivity contribution in [3.8, 4) is 0 Å². The SMILES string of the molecule is O=C(C1CC1)N1CCN(C[C@H](O)COCc2ccc(Cl)cc2)CC1. The molecular weight excluding hydrogens is 328 g/mol. The van der Waals surface area contributed by atoms with E-state index >= 15 is 0 Å². The molecule has 132 valence electrons. The molecule has 0 bridgehead atoms. The van der Waals surface area contributed by atoms with Crippen molar-refractivity contribution in [2.45, 2.75) is 25.6 Å². The summed E-state index contributed by atoms with van der Waals surface area (Å²) in [6, 6.07) is 7.51. The molecule has 2 fully saturated rings. The van der Waals surface area contributed by atoms with E-state index in [0.29, 0.717) is 36.6 Å². The van der Waals surface area contributed by atoms with Crippen LogP contribution in [0.2, 0.25) is 5.02 Å². The molecule has 1 amide bonds. The van der Waals surface area contributed by atoms with Crippen molar-refractivity contribution in [3.05, 3.63) is 34.9 Å². The number of rotatable bonds is 7. The second-order valence-electron chi connectivity index (χ2n) is 6.70. The molecule has 0 radical (unpaired) electrons. The first-order chi connectivity index (χ1) is 11.6. The quantitative estimate of drug-likeness (QED) is 0.812. The van der Waals surface area contributed by atoms with E-state index in [1.807, 2.05) is 29.2 Å². The number of carbonyl (C=O) groups excluding carboxylic acids is 1. The Kier molecular flexibility index (Phi) is 6.11. The molecule has 0 spiro atoms. The van der Waals surface area contributed by atoms with Gasteiger partial charge in [0.05, 0.1) is 19.3 Å². The number of benzene rings is 1. The van der Waals surface area contributed by atoms with Crippen LogP contribution in [-0.4, -0.2) is 66.2 Å². The van der Waals surface area contributed by atoms with Gasteiger partial charge in [-0.1, -0.05) is 23.7 Å². The summed E-state index contributed by atoms with van der Waals surface area (Å²) in [4.78, 5) is 16.2. The molecule has 1 aromatic carbocycles. The second-order valence-corrected chi connectivity index (χ2v) is 7.13. The molecule has 1 aromatic rings. The number of nitrogens with zero attached hydrogens (tertiary/aromatic N) is 2. The van der Waals surface area contributed by atoms with Gasteiger partial charge in [0.1, 0.15) is 0 Å². The second kappa shape index (κ2) is 8.30. The predicted octanol–water partition coefficient (Wildman–Crippen LogP) is 1.77. The van der Waals surface area contributed by atoms with Gasteiger partial charge in [0.2, 0.25) is 5.91 Å². The molecule has 0 aromatic heterocycles. The zero-order valence-electron chi connectivity index (χ0n) is 13.9. The maximum Gasteiger partial charge on any atom is 0.225 e. The van der Waals surface area contributed by atoms with E-state index in [4.69, 9.17) is 16.3 Å². The first-order valence-electron chi connectivity index (χ1n) is 8.63. The summed E-state index contributed by atoms with van der Waals surface area (Å²) in [7, 11) is 0. The van der Waals surface area contributed by atoms with Crippen LogP contribution in [0.3, 0.4) is 0 Å². The predicted molar refractivity (Wildman–Crippen MR) is 92.9 cm³/mol. The number of hydrogen-bond donors (Lipinski definition) is 1. The fourth-order valence-corrected chi connectivity index (χ4v) is 3.11. The molecule has 1 N–H and O–H groups in total. The number of β-amino-alcohol motifs (C(OH)–C–C–N with tert-alkyl or cyclic N) is 1. The highest BCUT2D eigenvalue weighted by Gasteiger charge is 2.34. The lowest BCUT2D eigenvalue weighted by Gasteiger charge is -2.35. The normalized spacial score (nSPS) is 20.2. The number of carbonyl (C=O) groups is 1. The van der Waals surface area contributed by atoms with Crippen LogP contribution < -0.4 is 0 Å². The molecule has 6 heteroatoms. The number of aliphatic hydroxyl groups is 1. The first kappa shape index (κ1) is 17.7. The van der Waals surface area contributed by atoms with Crippen LogP contribution in [0.4, 0.5) is 0 Å². The van der Waals surface area contributed by atoms with Gasteiger partial charge in [0.25, 0.3) is 0 Å². The third-order valence-electron chi connectivity index (χ3n) is 4.57.